The van der Waals surface area contributed by atoms with Crippen LogP contribution in [0.5, 0.6) is 11.5 Å². The number of fused-ring (bicyclic) bond motifs is 2. The number of benzene rings is 2. The average Bonchev–Trinajstić information content (AvgIpc) is 3.38. The number of phenols is 2. The fraction of sp³-hybridized carbons (Fsp3) is 0.318. The number of aromatic hydroxyl groups is 2. The van der Waals surface area contributed by atoms with Gasteiger partial charge in [0, 0.05) is 17.2 Å². The van der Waals surface area contributed by atoms with Gasteiger partial charge >= 0.3 is 7.60 Å². The van der Waals surface area contributed by atoms with Gasteiger partial charge in [0.25, 0.3) is 0 Å². The van der Waals surface area contributed by atoms with E-state index in [2.05, 4.69) is 20.3 Å². The maximum atomic E-state index is 12.2. The van der Waals surface area contributed by atoms with E-state index in [0.29, 0.717) is 16.5 Å². The zero-order valence-corrected chi connectivity index (χ0v) is 22.9. The SMILES string of the molecule is O=P(O)(O)CP(=O)(O)CC[C@H]1O[C@@H](n2cnc3c(Nc4cccc5cc(O)c(O)cc45)nc(Cl)nc32)[C@@H](O)C1O. The molecule has 0 radical (unpaired) electrons. The standard InChI is InChI=1S/C22H24ClN5O10P2/c23-22-26-19(25-12-3-1-2-10-6-13(29)14(30)7-11(10)12)16-20(27-22)28(8-24-16)21-18(32)17(31)15(38-21)4-5-39(33,34)9-40(35,36)37/h1-3,6-8,15,17-18,21,29-32H,4-5,9H2,(H,33,34)(H,25,26,27)(H2,35,36,37)/t15-,17?,18+,21-/m1/s1. The van der Waals surface area contributed by atoms with Crippen LogP contribution in [0.25, 0.3) is 21.9 Å². The first-order valence-electron chi connectivity index (χ1n) is 11.7. The molecule has 5 atom stereocenters. The zero-order chi connectivity index (χ0) is 29.0. The third-order valence-electron chi connectivity index (χ3n) is 6.40. The molecule has 0 aliphatic carbocycles. The van der Waals surface area contributed by atoms with Crippen molar-refractivity contribution >= 4 is 60.0 Å². The fourth-order valence-corrected chi connectivity index (χ4v) is 8.28. The van der Waals surface area contributed by atoms with Gasteiger partial charge in [-0.3, -0.25) is 13.7 Å². The molecule has 0 amide bonds. The summed E-state index contributed by atoms with van der Waals surface area (Å²) in [5, 5.41) is 45.1. The van der Waals surface area contributed by atoms with Crippen molar-refractivity contribution in [2.75, 3.05) is 17.4 Å². The van der Waals surface area contributed by atoms with E-state index in [1.165, 1.54) is 23.0 Å². The van der Waals surface area contributed by atoms with Crippen molar-refractivity contribution in [3.8, 4) is 11.5 Å². The van der Waals surface area contributed by atoms with Crippen LogP contribution >= 0.6 is 26.6 Å². The number of hydrogen-bond acceptors (Lipinski definition) is 11. The van der Waals surface area contributed by atoms with Crippen LogP contribution in [0.2, 0.25) is 5.28 Å². The van der Waals surface area contributed by atoms with Crippen molar-refractivity contribution in [1.29, 1.82) is 0 Å². The number of ether oxygens (including phenoxy) is 1. The van der Waals surface area contributed by atoms with E-state index in [-0.39, 0.29) is 40.2 Å². The minimum atomic E-state index is -4.74. The van der Waals surface area contributed by atoms with E-state index in [1.54, 1.807) is 18.2 Å². The summed E-state index contributed by atoms with van der Waals surface area (Å²) in [5.41, 5.74) is 0.823. The second kappa shape index (κ2) is 10.5. The van der Waals surface area contributed by atoms with Crippen molar-refractivity contribution in [2.24, 2.45) is 0 Å². The zero-order valence-electron chi connectivity index (χ0n) is 20.3. The Hall–Kier alpha value is -2.84. The molecule has 0 bridgehead atoms. The number of nitrogens with one attached hydrogen (secondary N) is 1. The van der Waals surface area contributed by atoms with E-state index in [1.807, 2.05) is 0 Å². The summed E-state index contributed by atoms with van der Waals surface area (Å²) in [5.74, 6) is -1.65. The summed E-state index contributed by atoms with van der Waals surface area (Å²) in [4.78, 5) is 40.6. The number of aliphatic hydroxyl groups excluding tert-OH is 2. The first-order chi connectivity index (χ1) is 18.7. The lowest BCUT2D eigenvalue weighted by Crippen LogP contribution is -2.32. The Bertz CT molecular complexity index is 1700. The summed E-state index contributed by atoms with van der Waals surface area (Å²) < 4.78 is 30.4. The van der Waals surface area contributed by atoms with Crippen molar-refractivity contribution in [2.45, 2.75) is 31.0 Å². The molecule has 2 aromatic heterocycles. The number of rotatable bonds is 8. The van der Waals surface area contributed by atoms with Gasteiger partial charge < -0.3 is 45.2 Å². The van der Waals surface area contributed by atoms with Crippen molar-refractivity contribution in [3.05, 3.63) is 41.9 Å². The Labute approximate surface area is 230 Å². The highest BCUT2D eigenvalue weighted by Crippen LogP contribution is 2.55. The van der Waals surface area contributed by atoms with Crippen molar-refractivity contribution < 1.29 is 49.0 Å². The molecule has 15 nitrogen and oxygen atoms in total. The van der Waals surface area contributed by atoms with Crippen LogP contribution in [0.3, 0.4) is 0 Å². The predicted molar refractivity (Wildman–Crippen MR) is 143 cm³/mol. The van der Waals surface area contributed by atoms with Crippen LogP contribution in [0.4, 0.5) is 11.5 Å². The van der Waals surface area contributed by atoms with Crippen LogP contribution in [0, 0.1) is 0 Å². The molecule has 8 N–H and O–H groups in total. The lowest BCUT2D eigenvalue weighted by Gasteiger charge is -2.18. The third kappa shape index (κ3) is 5.79. The number of nitrogens with zero attached hydrogens (tertiary/aromatic N) is 4. The first kappa shape index (κ1) is 28.7. The van der Waals surface area contributed by atoms with Gasteiger partial charge in [-0.15, -0.1) is 0 Å². The average molecular weight is 616 g/mol. The molecule has 3 heterocycles. The Morgan fingerprint density at radius 3 is 2.50 bits per heavy atom. The molecule has 18 heteroatoms. The van der Waals surface area contributed by atoms with E-state index >= 15 is 0 Å². The Balaban J connectivity index is 1.43. The molecular weight excluding hydrogens is 592 g/mol. The molecule has 1 aliphatic heterocycles. The molecule has 2 aromatic carbocycles. The highest BCUT2D eigenvalue weighted by Gasteiger charge is 2.45. The lowest BCUT2D eigenvalue weighted by molar-refractivity contribution is -0.0354. The van der Waals surface area contributed by atoms with E-state index in [4.69, 9.17) is 26.1 Å². The highest BCUT2D eigenvalue weighted by molar-refractivity contribution is 7.72. The molecule has 0 spiro atoms. The quantitative estimate of drug-likeness (QED) is 0.0805. The molecule has 214 valence electrons. The van der Waals surface area contributed by atoms with Gasteiger partial charge in [-0.25, -0.2) is 4.98 Å². The minimum absolute atomic E-state index is 0.120. The van der Waals surface area contributed by atoms with Gasteiger partial charge in [0.1, 0.15) is 18.1 Å². The van der Waals surface area contributed by atoms with Crippen molar-refractivity contribution in [3.63, 3.8) is 0 Å². The lowest BCUT2D eigenvalue weighted by atomic mass is 10.1. The van der Waals surface area contributed by atoms with Gasteiger partial charge in [0.2, 0.25) is 12.7 Å². The topological polar surface area (TPSA) is 241 Å². The largest absolute Gasteiger partial charge is 0.504 e. The number of aromatic nitrogens is 4. The second-order valence-electron chi connectivity index (χ2n) is 9.37. The molecule has 0 saturated carbocycles. The molecule has 5 rings (SSSR count). The summed E-state index contributed by atoms with van der Waals surface area (Å²) in [6.45, 7) is 0. The van der Waals surface area contributed by atoms with E-state index in [9.17, 15) is 34.4 Å². The predicted octanol–water partition coefficient (Wildman–Crippen LogP) is 2.20. The number of aliphatic hydroxyl groups is 2. The van der Waals surface area contributed by atoms with E-state index in [0.717, 1.165) is 0 Å². The molecule has 40 heavy (non-hydrogen) atoms. The molecule has 2 unspecified atom stereocenters. The smallest absolute Gasteiger partial charge is 0.335 e. The maximum absolute atomic E-state index is 12.2. The highest BCUT2D eigenvalue weighted by atomic mass is 35.5. The third-order valence-corrected chi connectivity index (χ3v) is 10.8. The summed E-state index contributed by atoms with van der Waals surface area (Å²) >= 11 is 6.18. The molecule has 1 fully saturated rings. The summed E-state index contributed by atoms with van der Waals surface area (Å²) in [6.07, 6.45) is -4.91. The summed E-state index contributed by atoms with van der Waals surface area (Å²) in [6, 6.07) is 7.93. The molecule has 1 saturated heterocycles. The number of anilines is 2. The van der Waals surface area contributed by atoms with Crippen LogP contribution < -0.4 is 5.32 Å². The molecule has 4 aromatic rings. The summed E-state index contributed by atoms with van der Waals surface area (Å²) in [7, 11) is -8.98. The second-order valence-corrected chi connectivity index (χ2v) is 14.3. The van der Waals surface area contributed by atoms with Crippen molar-refractivity contribution in [1.82, 2.24) is 19.5 Å². The van der Waals surface area contributed by atoms with Gasteiger partial charge in [0.15, 0.2) is 34.7 Å². The van der Waals surface area contributed by atoms with Crippen LogP contribution in [-0.4, -0.2) is 85.0 Å². The number of halogens is 1. The van der Waals surface area contributed by atoms with Crippen LogP contribution in [-0.2, 0) is 13.9 Å². The normalized spacial score (nSPS) is 23.1. The van der Waals surface area contributed by atoms with Gasteiger partial charge in [-0.1, -0.05) is 12.1 Å². The Morgan fingerprint density at radius 2 is 1.77 bits per heavy atom. The first-order valence-corrected chi connectivity index (χ1v) is 15.9. The minimum Gasteiger partial charge on any atom is -0.504 e. The Kier molecular flexibility index (Phi) is 7.55. The fourth-order valence-electron chi connectivity index (χ4n) is 4.59. The molecular formula is C22H24ClN5O10P2. The monoisotopic (exact) mass is 615 g/mol. The van der Waals surface area contributed by atoms with Gasteiger partial charge in [-0.05, 0) is 41.6 Å². The van der Waals surface area contributed by atoms with Crippen LogP contribution in [0.15, 0.2) is 36.7 Å². The van der Waals surface area contributed by atoms with E-state index < -0.39 is 51.6 Å². The number of imidazole rings is 1. The van der Waals surface area contributed by atoms with Gasteiger partial charge in [0.05, 0.1) is 12.4 Å². The number of phenolic OH excluding ortho intramolecular Hbond substituents is 2. The van der Waals surface area contributed by atoms with Gasteiger partial charge in [-0.2, -0.15) is 9.97 Å². The number of hydrogen-bond donors (Lipinski definition) is 8. The Morgan fingerprint density at radius 1 is 1.05 bits per heavy atom. The molecule has 1 aliphatic rings. The van der Waals surface area contributed by atoms with Crippen LogP contribution in [0.1, 0.15) is 12.6 Å². The maximum Gasteiger partial charge on any atom is 0.335 e.